The number of rotatable bonds is 71. The highest BCUT2D eigenvalue weighted by Crippen LogP contribution is 2.24. The number of unbranched alkanes of at least 4 members (excludes halogenated alkanes) is 49. The molecule has 1 amide bonds. The van der Waals surface area contributed by atoms with Crippen LogP contribution in [0, 0.1) is 0 Å². The molecule has 1 saturated heterocycles. The average molecular weight is 1310 g/mol. The van der Waals surface area contributed by atoms with Crippen molar-refractivity contribution in [2.75, 3.05) is 19.8 Å². The lowest BCUT2D eigenvalue weighted by Gasteiger charge is -2.40. The zero-order valence-electron chi connectivity index (χ0n) is 60.7. The van der Waals surface area contributed by atoms with E-state index in [0.29, 0.717) is 19.4 Å². The van der Waals surface area contributed by atoms with Gasteiger partial charge in [-0.25, -0.2) is 0 Å². The third-order valence-corrected chi connectivity index (χ3v) is 18.8. The van der Waals surface area contributed by atoms with E-state index in [1.165, 1.54) is 289 Å². The van der Waals surface area contributed by atoms with Crippen LogP contribution in [0.4, 0.5) is 0 Å². The highest BCUT2D eigenvalue weighted by Gasteiger charge is 2.44. The number of carbonyl (C=O) groups excluding carboxylic acids is 2. The third kappa shape index (κ3) is 59.2. The first-order chi connectivity index (χ1) is 45.7. The summed E-state index contributed by atoms with van der Waals surface area (Å²) in [5, 5.41) is 54.5. The molecule has 0 spiro atoms. The van der Waals surface area contributed by atoms with E-state index in [4.69, 9.17) is 14.2 Å². The Labute approximate surface area is 573 Å². The van der Waals surface area contributed by atoms with Crippen LogP contribution in [0.1, 0.15) is 386 Å². The monoisotopic (exact) mass is 1310 g/mol. The van der Waals surface area contributed by atoms with Crippen LogP contribution in [0.15, 0.2) is 60.8 Å². The Bertz CT molecular complexity index is 1730. The first-order valence-corrected chi connectivity index (χ1v) is 40.1. The predicted octanol–water partition coefficient (Wildman–Crippen LogP) is 21.6. The van der Waals surface area contributed by atoms with E-state index in [2.05, 4.69) is 67.8 Å². The lowest BCUT2D eigenvalue weighted by Crippen LogP contribution is -2.60. The van der Waals surface area contributed by atoms with Crippen molar-refractivity contribution in [1.82, 2.24) is 5.32 Å². The molecule has 1 heterocycles. The molecule has 0 aromatic heterocycles. The molecule has 11 heteroatoms. The van der Waals surface area contributed by atoms with Gasteiger partial charge in [0.2, 0.25) is 5.91 Å². The van der Waals surface area contributed by atoms with Crippen LogP contribution in [0.5, 0.6) is 0 Å². The highest BCUT2D eigenvalue weighted by atomic mass is 16.7. The molecular weight excluding hydrogens is 1160 g/mol. The maximum atomic E-state index is 13.1. The zero-order chi connectivity index (χ0) is 67.2. The lowest BCUT2D eigenvalue weighted by molar-refractivity contribution is -0.302. The Hall–Kier alpha value is -2.64. The van der Waals surface area contributed by atoms with Crippen molar-refractivity contribution < 1.29 is 49.3 Å². The molecule has 1 fully saturated rings. The fourth-order valence-electron chi connectivity index (χ4n) is 12.6. The van der Waals surface area contributed by atoms with Gasteiger partial charge in [-0.05, 0) is 89.9 Å². The van der Waals surface area contributed by atoms with Gasteiger partial charge in [-0.2, -0.15) is 0 Å². The summed E-state index contributed by atoms with van der Waals surface area (Å²) in [5.74, 6) is -0.177. The van der Waals surface area contributed by atoms with Crippen molar-refractivity contribution in [1.29, 1.82) is 0 Å². The van der Waals surface area contributed by atoms with Crippen LogP contribution in [-0.4, -0.2) is 100 Å². The van der Waals surface area contributed by atoms with Crippen molar-refractivity contribution in [3.8, 4) is 0 Å². The van der Waals surface area contributed by atoms with Gasteiger partial charge in [0, 0.05) is 12.8 Å². The van der Waals surface area contributed by atoms with Gasteiger partial charge >= 0.3 is 5.97 Å². The van der Waals surface area contributed by atoms with E-state index in [0.717, 1.165) is 70.6 Å². The number of aliphatic hydroxyl groups is 5. The molecule has 0 bridgehead atoms. The molecule has 7 atom stereocenters. The van der Waals surface area contributed by atoms with E-state index < -0.39 is 49.5 Å². The van der Waals surface area contributed by atoms with Crippen molar-refractivity contribution in [2.45, 2.75) is 429 Å². The first-order valence-electron chi connectivity index (χ1n) is 40.1. The summed E-state index contributed by atoms with van der Waals surface area (Å²) in [6.07, 6.45) is 85.4. The van der Waals surface area contributed by atoms with Crippen molar-refractivity contribution in [3.05, 3.63) is 60.8 Å². The van der Waals surface area contributed by atoms with Gasteiger partial charge in [0.15, 0.2) is 6.29 Å². The van der Waals surface area contributed by atoms with Crippen LogP contribution in [0.3, 0.4) is 0 Å². The minimum Gasteiger partial charge on any atom is -0.466 e. The van der Waals surface area contributed by atoms with Crippen molar-refractivity contribution >= 4 is 11.9 Å². The molecule has 0 saturated carbocycles. The topological polar surface area (TPSA) is 175 Å². The molecule has 0 aromatic rings. The summed E-state index contributed by atoms with van der Waals surface area (Å²) < 4.78 is 16.7. The second-order valence-corrected chi connectivity index (χ2v) is 27.7. The van der Waals surface area contributed by atoms with Gasteiger partial charge in [-0.1, -0.05) is 344 Å². The number of hydrogen-bond donors (Lipinski definition) is 6. The minimum absolute atomic E-state index is 0.0153. The highest BCUT2D eigenvalue weighted by molar-refractivity contribution is 5.76. The van der Waals surface area contributed by atoms with E-state index in [-0.39, 0.29) is 18.5 Å². The zero-order valence-corrected chi connectivity index (χ0v) is 60.7. The van der Waals surface area contributed by atoms with Crippen molar-refractivity contribution in [2.24, 2.45) is 0 Å². The van der Waals surface area contributed by atoms with Crippen LogP contribution >= 0.6 is 0 Å². The second-order valence-electron chi connectivity index (χ2n) is 27.7. The van der Waals surface area contributed by atoms with E-state index in [1.54, 1.807) is 6.08 Å². The number of allylic oxidation sites excluding steroid dienone is 9. The molecule has 0 aliphatic carbocycles. The largest absolute Gasteiger partial charge is 0.466 e. The number of nitrogens with one attached hydrogen (secondary N) is 1. The molecule has 93 heavy (non-hydrogen) atoms. The Balaban J connectivity index is 1.93. The van der Waals surface area contributed by atoms with Gasteiger partial charge in [-0.15, -0.1) is 0 Å². The Kier molecular flexibility index (Phi) is 67.2. The van der Waals surface area contributed by atoms with E-state index in [1.807, 2.05) is 6.08 Å². The average Bonchev–Trinajstić information content (AvgIpc) is 0.900. The lowest BCUT2D eigenvalue weighted by atomic mass is 9.99. The first kappa shape index (κ1) is 88.4. The Morgan fingerprint density at radius 1 is 0.398 bits per heavy atom. The standard InChI is InChI=1S/C82H151NO10/c1-3-5-7-9-11-13-15-17-45-48-52-56-60-64-68-75(85)74(73-92-82-81(90)80(89)79(88)76(72-84)93-82)83-77(86)69-65-61-57-53-49-46-43-41-39-37-35-33-31-29-27-25-23-21-19-18-20-22-24-26-28-30-32-34-36-38-40-42-44-47-51-55-59-63-67-71-91-78(87)70-66-62-58-54-50-16-14-12-10-8-6-4-2/h13,15,18-19,22,24,48,52,64,68,74-76,79-82,84-85,88-90H,3-12,14,16-17,20-21,23,25-47,49-51,53-63,65-67,69-73H2,1-2H3,(H,83,86)/b15-13+,19-18-,24-22-,52-48+,68-64+. The predicted molar refractivity (Wildman–Crippen MR) is 393 cm³/mol. The molecule has 1 rings (SSSR count). The number of hydrogen-bond acceptors (Lipinski definition) is 10. The normalized spacial score (nSPS) is 17.8. The van der Waals surface area contributed by atoms with E-state index >= 15 is 0 Å². The molecule has 7 unspecified atom stereocenters. The molecule has 1 aliphatic heterocycles. The number of amides is 1. The third-order valence-electron chi connectivity index (χ3n) is 18.8. The summed E-state index contributed by atoms with van der Waals surface area (Å²) in [6.45, 7) is 4.34. The fraction of sp³-hybridized carbons (Fsp3) is 0.854. The van der Waals surface area contributed by atoms with Gasteiger partial charge in [0.05, 0.1) is 32.0 Å². The summed E-state index contributed by atoms with van der Waals surface area (Å²) in [5.41, 5.74) is 0. The number of carbonyl (C=O) groups is 2. The van der Waals surface area contributed by atoms with Gasteiger partial charge in [0.25, 0.3) is 0 Å². The summed E-state index contributed by atoms with van der Waals surface area (Å²) >= 11 is 0. The number of ether oxygens (including phenoxy) is 3. The molecule has 0 radical (unpaired) electrons. The quantitative estimate of drug-likeness (QED) is 0.0195. The molecule has 11 nitrogen and oxygen atoms in total. The Morgan fingerprint density at radius 2 is 0.731 bits per heavy atom. The second kappa shape index (κ2) is 70.7. The van der Waals surface area contributed by atoms with Gasteiger partial charge in [0.1, 0.15) is 24.4 Å². The smallest absolute Gasteiger partial charge is 0.305 e. The molecule has 1 aliphatic rings. The minimum atomic E-state index is -1.58. The Morgan fingerprint density at radius 3 is 1.14 bits per heavy atom. The summed E-state index contributed by atoms with van der Waals surface area (Å²) in [6, 6.07) is -0.834. The summed E-state index contributed by atoms with van der Waals surface area (Å²) in [4.78, 5) is 25.1. The van der Waals surface area contributed by atoms with Crippen LogP contribution in [0.2, 0.25) is 0 Å². The van der Waals surface area contributed by atoms with Gasteiger partial charge in [-0.3, -0.25) is 9.59 Å². The van der Waals surface area contributed by atoms with Crippen LogP contribution < -0.4 is 5.32 Å². The molecule has 544 valence electrons. The van der Waals surface area contributed by atoms with Gasteiger partial charge < -0.3 is 45.1 Å². The fourth-order valence-corrected chi connectivity index (χ4v) is 12.6. The maximum absolute atomic E-state index is 13.1. The van der Waals surface area contributed by atoms with E-state index in [9.17, 15) is 35.1 Å². The molecular formula is C82H151NO10. The number of aliphatic hydroxyl groups excluding tert-OH is 5. The number of esters is 1. The molecule has 6 N–H and O–H groups in total. The molecule has 0 aromatic carbocycles. The summed E-state index contributed by atoms with van der Waals surface area (Å²) in [7, 11) is 0. The van der Waals surface area contributed by atoms with Crippen molar-refractivity contribution in [3.63, 3.8) is 0 Å². The maximum Gasteiger partial charge on any atom is 0.305 e. The SMILES string of the molecule is CCCCCC/C=C/CC/C=C/CC/C=C/C(O)C(COC1OC(CO)C(O)C(O)C1O)NC(=O)CCCCCCCCCCCCCCCCCCC/C=C\C/C=C\CCCCCCCCCCCCCCCCCOC(=O)CCCCCCCCCCCCCC. The van der Waals surface area contributed by atoms with Crippen LogP contribution in [-0.2, 0) is 23.8 Å². The van der Waals surface area contributed by atoms with Crippen LogP contribution in [0.25, 0.3) is 0 Å².